The molecule has 7 heteroatoms. The fraction of sp³-hybridized carbons (Fsp3) is 0.235. The number of para-hydroxylation sites is 1. The third-order valence-corrected chi connectivity index (χ3v) is 3.67. The smallest absolute Gasteiger partial charge is 0.261 e. The molecule has 0 atom stereocenters. The van der Waals surface area contributed by atoms with E-state index in [0.29, 0.717) is 29.8 Å². The number of aromatic nitrogens is 2. The molecule has 24 heavy (non-hydrogen) atoms. The van der Waals surface area contributed by atoms with Gasteiger partial charge in [0.2, 0.25) is 5.91 Å². The third-order valence-electron chi connectivity index (χ3n) is 3.67. The van der Waals surface area contributed by atoms with Crippen LogP contribution in [0, 0.1) is 0 Å². The number of nitrogens with two attached hydrogens (primary N) is 1. The van der Waals surface area contributed by atoms with E-state index in [1.54, 1.807) is 24.5 Å². The first-order chi connectivity index (χ1) is 11.5. The van der Waals surface area contributed by atoms with Crippen LogP contribution in [0.25, 0.3) is 10.9 Å². The molecule has 2 heterocycles. The van der Waals surface area contributed by atoms with Crippen molar-refractivity contribution in [1.29, 1.82) is 0 Å². The molecule has 0 saturated heterocycles. The number of rotatable bonds is 6. The van der Waals surface area contributed by atoms with Crippen LogP contribution < -0.4 is 11.3 Å². The number of nitrogens with zero attached hydrogens (tertiary/aromatic N) is 3. The lowest BCUT2D eigenvalue weighted by molar-refractivity contribution is -0.118. The minimum Gasteiger partial charge on any atom is -0.468 e. The van der Waals surface area contributed by atoms with Crippen molar-refractivity contribution < 1.29 is 9.21 Å². The fourth-order valence-electron chi connectivity index (χ4n) is 2.62. The van der Waals surface area contributed by atoms with Crippen molar-refractivity contribution in [3.63, 3.8) is 0 Å². The Bertz CT molecular complexity index is 915. The van der Waals surface area contributed by atoms with Gasteiger partial charge >= 0.3 is 0 Å². The molecule has 124 valence electrons. The topological polar surface area (TPSA) is 94.4 Å². The van der Waals surface area contributed by atoms with Gasteiger partial charge in [0.15, 0.2) is 0 Å². The van der Waals surface area contributed by atoms with E-state index in [4.69, 9.17) is 10.2 Å². The molecule has 3 rings (SSSR count). The molecule has 0 aliphatic rings. The van der Waals surface area contributed by atoms with Gasteiger partial charge in [-0.1, -0.05) is 12.1 Å². The molecule has 0 aliphatic carbocycles. The highest BCUT2D eigenvalue weighted by atomic mass is 16.3. The largest absolute Gasteiger partial charge is 0.468 e. The molecule has 0 saturated carbocycles. The van der Waals surface area contributed by atoms with Gasteiger partial charge in [-0.3, -0.25) is 19.1 Å². The predicted octanol–water partition coefficient (Wildman–Crippen LogP) is 1.11. The summed E-state index contributed by atoms with van der Waals surface area (Å²) in [5.74, 6) is 0.720. The monoisotopic (exact) mass is 326 g/mol. The quantitative estimate of drug-likeness (QED) is 0.732. The highest BCUT2D eigenvalue weighted by Gasteiger charge is 2.14. The third kappa shape index (κ3) is 3.36. The summed E-state index contributed by atoms with van der Waals surface area (Å²) >= 11 is 0. The zero-order valence-corrected chi connectivity index (χ0v) is 13.3. The maximum absolute atomic E-state index is 12.7. The van der Waals surface area contributed by atoms with E-state index < -0.39 is 5.91 Å². The molecule has 0 fully saturated rings. The second kappa shape index (κ2) is 6.67. The van der Waals surface area contributed by atoms with E-state index in [1.165, 1.54) is 4.57 Å². The first kappa shape index (κ1) is 15.9. The Morgan fingerprint density at radius 3 is 2.75 bits per heavy atom. The molecule has 2 N–H and O–H groups in total. The molecule has 1 amide bonds. The summed E-state index contributed by atoms with van der Waals surface area (Å²) in [6, 6.07) is 10.8. The molecule has 3 aromatic rings. The summed E-state index contributed by atoms with van der Waals surface area (Å²) < 4.78 is 6.66. The summed E-state index contributed by atoms with van der Waals surface area (Å²) in [5, 5.41) is 0.469. The zero-order valence-electron chi connectivity index (χ0n) is 13.3. The second-order valence-corrected chi connectivity index (χ2v) is 5.65. The van der Waals surface area contributed by atoms with E-state index >= 15 is 0 Å². The van der Waals surface area contributed by atoms with Gasteiger partial charge < -0.3 is 10.2 Å². The molecular formula is C17H18N4O3. The normalized spacial score (nSPS) is 11.2. The summed E-state index contributed by atoms with van der Waals surface area (Å²) in [4.78, 5) is 30.5. The van der Waals surface area contributed by atoms with Gasteiger partial charge in [0.1, 0.15) is 18.1 Å². The van der Waals surface area contributed by atoms with Crippen molar-refractivity contribution >= 4 is 16.8 Å². The number of carbonyl (C=O) groups excluding carboxylic acids is 1. The molecule has 1 aromatic carbocycles. The molecule has 7 nitrogen and oxygen atoms in total. The van der Waals surface area contributed by atoms with Gasteiger partial charge in [0, 0.05) is 0 Å². The Morgan fingerprint density at radius 2 is 2.04 bits per heavy atom. The van der Waals surface area contributed by atoms with Crippen molar-refractivity contribution in [2.75, 3.05) is 7.05 Å². The standard InChI is InChI=1S/C17H18N4O3/c1-20(9-12-5-4-8-24-12)11-16-19-14-7-3-2-6-13(14)17(23)21(16)10-15(18)22/h2-8H,9-11H2,1H3,(H2,18,22). The van der Waals surface area contributed by atoms with Crippen LogP contribution >= 0.6 is 0 Å². The van der Waals surface area contributed by atoms with E-state index in [9.17, 15) is 9.59 Å². The summed E-state index contributed by atoms with van der Waals surface area (Å²) in [6.07, 6.45) is 1.61. The highest BCUT2D eigenvalue weighted by molar-refractivity contribution is 5.78. The van der Waals surface area contributed by atoms with Crippen molar-refractivity contribution in [1.82, 2.24) is 14.5 Å². The summed E-state index contributed by atoms with van der Waals surface area (Å²) in [5.41, 5.74) is 5.63. The Morgan fingerprint density at radius 1 is 1.25 bits per heavy atom. The number of primary amides is 1. The number of furan rings is 1. The van der Waals surface area contributed by atoms with E-state index in [2.05, 4.69) is 4.98 Å². The zero-order chi connectivity index (χ0) is 17.1. The average molecular weight is 326 g/mol. The predicted molar refractivity (Wildman–Crippen MR) is 89.1 cm³/mol. The van der Waals surface area contributed by atoms with Crippen LogP contribution in [-0.2, 0) is 24.4 Å². The molecule has 0 aliphatic heterocycles. The Kier molecular flexibility index (Phi) is 4.43. The molecule has 0 spiro atoms. The van der Waals surface area contributed by atoms with E-state index in [-0.39, 0.29) is 12.1 Å². The molecular weight excluding hydrogens is 308 g/mol. The van der Waals surface area contributed by atoms with Crippen LogP contribution in [0.15, 0.2) is 51.9 Å². The lowest BCUT2D eigenvalue weighted by atomic mass is 10.2. The minimum absolute atomic E-state index is 0.194. The molecule has 0 bridgehead atoms. The van der Waals surface area contributed by atoms with Gasteiger partial charge in [-0.05, 0) is 31.3 Å². The number of hydrogen-bond donors (Lipinski definition) is 1. The second-order valence-electron chi connectivity index (χ2n) is 5.65. The van der Waals surface area contributed by atoms with Crippen LogP contribution in [0.1, 0.15) is 11.6 Å². The van der Waals surface area contributed by atoms with Gasteiger partial charge in [-0.15, -0.1) is 0 Å². The minimum atomic E-state index is -0.580. The maximum Gasteiger partial charge on any atom is 0.261 e. The average Bonchev–Trinajstić information content (AvgIpc) is 3.03. The van der Waals surface area contributed by atoms with E-state index in [1.807, 2.05) is 30.1 Å². The van der Waals surface area contributed by atoms with Crippen LogP contribution in [0.5, 0.6) is 0 Å². The van der Waals surface area contributed by atoms with Gasteiger partial charge in [0.05, 0.1) is 30.3 Å². The number of carbonyl (C=O) groups is 1. The summed E-state index contributed by atoms with van der Waals surface area (Å²) in [6.45, 7) is 0.751. The summed E-state index contributed by atoms with van der Waals surface area (Å²) in [7, 11) is 1.89. The number of amides is 1. The molecule has 0 unspecified atom stereocenters. The van der Waals surface area contributed by atoms with Gasteiger partial charge in [-0.2, -0.15) is 0 Å². The van der Waals surface area contributed by atoms with Crippen molar-refractivity contribution in [3.8, 4) is 0 Å². The van der Waals surface area contributed by atoms with Crippen LogP contribution in [0.4, 0.5) is 0 Å². The van der Waals surface area contributed by atoms with Crippen molar-refractivity contribution in [2.24, 2.45) is 5.73 Å². The lowest BCUT2D eigenvalue weighted by Crippen LogP contribution is -2.33. The Hall–Kier alpha value is -2.93. The number of benzene rings is 1. The van der Waals surface area contributed by atoms with Crippen LogP contribution in [0.2, 0.25) is 0 Å². The van der Waals surface area contributed by atoms with Crippen molar-refractivity contribution in [2.45, 2.75) is 19.6 Å². The highest BCUT2D eigenvalue weighted by Crippen LogP contribution is 2.11. The number of hydrogen-bond acceptors (Lipinski definition) is 5. The van der Waals surface area contributed by atoms with E-state index in [0.717, 1.165) is 5.76 Å². The van der Waals surface area contributed by atoms with Crippen LogP contribution in [-0.4, -0.2) is 27.4 Å². The Labute approximate surface area is 138 Å². The fourth-order valence-corrected chi connectivity index (χ4v) is 2.62. The molecule has 0 radical (unpaired) electrons. The first-order valence-corrected chi connectivity index (χ1v) is 7.52. The molecule has 2 aromatic heterocycles. The van der Waals surface area contributed by atoms with Gasteiger partial charge in [-0.25, -0.2) is 4.98 Å². The number of fused-ring (bicyclic) bond motifs is 1. The Balaban J connectivity index is 1.98. The lowest BCUT2D eigenvalue weighted by Gasteiger charge is -2.18. The van der Waals surface area contributed by atoms with Gasteiger partial charge in [0.25, 0.3) is 5.56 Å². The maximum atomic E-state index is 12.7. The first-order valence-electron chi connectivity index (χ1n) is 7.52. The van der Waals surface area contributed by atoms with Crippen LogP contribution in [0.3, 0.4) is 0 Å². The van der Waals surface area contributed by atoms with Crippen molar-refractivity contribution in [3.05, 3.63) is 64.6 Å². The SMILES string of the molecule is CN(Cc1ccco1)Cc1nc2ccccc2c(=O)n1CC(N)=O.